The second-order valence-corrected chi connectivity index (χ2v) is 5.70. The van der Waals surface area contributed by atoms with E-state index < -0.39 is 0 Å². The summed E-state index contributed by atoms with van der Waals surface area (Å²) in [5, 5.41) is 4.66. The summed E-state index contributed by atoms with van der Waals surface area (Å²) in [5.41, 5.74) is 3.04. The highest BCUT2D eigenvalue weighted by atomic mass is 35.5. The molecule has 0 aliphatic rings. The molecule has 0 unspecified atom stereocenters. The van der Waals surface area contributed by atoms with Crippen LogP contribution in [0.25, 0.3) is 0 Å². The first-order valence-corrected chi connectivity index (χ1v) is 7.21. The first-order chi connectivity index (χ1) is 9.10. The number of benzene rings is 1. The molecule has 0 fully saturated rings. The summed E-state index contributed by atoms with van der Waals surface area (Å²) in [5.74, 6) is 0. The van der Waals surface area contributed by atoms with E-state index in [2.05, 4.69) is 15.3 Å². The topological polar surface area (TPSA) is 37.8 Å². The molecule has 0 saturated heterocycles. The number of hydrogen-bond acceptors (Lipinski definition) is 4. The number of nitrogens with one attached hydrogen (secondary N) is 1. The number of aromatic nitrogens is 2. The molecule has 0 amide bonds. The standard InChI is InChI=1S/C14H16ClN3S/c1-9-7-10(2)18-14(17-9)19-13-6-4-5-12(15)11(13)8-16-3/h4-7,16H,8H2,1-3H3. The quantitative estimate of drug-likeness (QED) is 0.874. The number of halogens is 1. The van der Waals surface area contributed by atoms with Gasteiger partial charge >= 0.3 is 0 Å². The Morgan fingerprint density at radius 1 is 1.21 bits per heavy atom. The fraction of sp³-hybridized carbons (Fsp3) is 0.286. The predicted octanol–water partition coefficient (Wildman–Crippen LogP) is 3.62. The Kier molecular flexibility index (Phi) is 4.80. The smallest absolute Gasteiger partial charge is 0.192 e. The predicted molar refractivity (Wildman–Crippen MR) is 79.8 cm³/mol. The van der Waals surface area contributed by atoms with Crippen LogP contribution in [-0.4, -0.2) is 17.0 Å². The molecule has 100 valence electrons. The SMILES string of the molecule is CNCc1c(Cl)cccc1Sc1nc(C)cc(C)n1. The van der Waals surface area contributed by atoms with Crippen molar-refractivity contribution in [3.05, 3.63) is 46.2 Å². The van der Waals surface area contributed by atoms with E-state index in [1.165, 1.54) is 0 Å². The van der Waals surface area contributed by atoms with Crippen molar-refractivity contribution in [2.45, 2.75) is 30.4 Å². The highest BCUT2D eigenvalue weighted by Crippen LogP contribution is 2.32. The van der Waals surface area contributed by atoms with Gasteiger partial charge in [-0.2, -0.15) is 0 Å². The second-order valence-electron chi connectivity index (χ2n) is 4.28. The average molecular weight is 294 g/mol. The van der Waals surface area contributed by atoms with E-state index in [0.717, 1.165) is 38.6 Å². The highest BCUT2D eigenvalue weighted by molar-refractivity contribution is 7.99. The molecule has 0 saturated carbocycles. The summed E-state index contributed by atoms with van der Waals surface area (Å²) in [6, 6.07) is 7.87. The van der Waals surface area contributed by atoms with E-state index in [0.29, 0.717) is 0 Å². The highest BCUT2D eigenvalue weighted by Gasteiger charge is 2.10. The lowest BCUT2D eigenvalue weighted by Gasteiger charge is -2.10. The number of nitrogens with zero attached hydrogens (tertiary/aromatic N) is 2. The largest absolute Gasteiger partial charge is 0.316 e. The molecule has 1 N–H and O–H groups in total. The molecule has 2 rings (SSSR count). The van der Waals surface area contributed by atoms with E-state index in [9.17, 15) is 0 Å². The normalized spacial score (nSPS) is 10.7. The summed E-state index contributed by atoms with van der Waals surface area (Å²) in [4.78, 5) is 9.99. The lowest BCUT2D eigenvalue weighted by atomic mass is 10.2. The summed E-state index contributed by atoms with van der Waals surface area (Å²) in [7, 11) is 1.91. The maximum atomic E-state index is 6.24. The molecule has 1 heterocycles. The fourth-order valence-corrected chi connectivity index (χ4v) is 3.15. The Balaban J connectivity index is 2.34. The van der Waals surface area contributed by atoms with Crippen LogP contribution in [0, 0.1) is 13.8 Å². The summed E-state index contributed by atoms with van der Waals surface area (Å²) in [6.45, 7) is 4.68. The number of aryl methyl sites for hydroxylation is 2. The molecule has 0 aliphatic carbocycles. The first-order valence-electron chi connectivity index (χ1n) is 6.02. The van der Waals surface area contributed by atoms with Crippen molar-refractivity contribution in [1.29, 1.82) is 0 Å². The summed E-state index contributed by atoms with van der Waals surface area (Å²) >= 11 is 7.79. The second kappa shape index (κ2) is 6.37. The van der Waals surface area contributed by atoms with Crippen LogP contribution in [0.5, 0.6) is 0 Å². The Bertz CT molecular complexity index is 567. The molecule has 0 radical (unpaired) electrons. The van der Waals surface area contributed by atoms with Gasteiger partial charge in [0.05, 0.1) is 0 Å². The minimum Gasteiger partial charge on any atom is -0.316 e. The zero-order valence-electron chi connectivity index (χ0n) is 11.2. The first kappa shape index (κ1) is 14.3. The Labute approximate surface area is 122 Å². The van der Waals surface area contributed by atoms with Gasteiger partial charge in [-0.25, -0.2) is 9.97 Å². The monoisotopic (exact) mass is 293 g/mol. The van der Waals surface area contributed by atoms with Crippen LogP contribution in [-0.2, 0) is 6.54 Å². The summed E-state index contributed by atoms with van der Waals surface area (Å²) in [6.07, 6.45) is 0. The van der Waals surface area contributed by atoms with Crippen LogP contribution >= 0.6 is 23.4 Å². The molecule has 0 spiro atoms. The van der Waals surface area contributed by atoms with Crippen molar-refractivity contribution in [3.63, 3.8) is 0 Å². The van der Waals surface area contributed by atoms with Gasteiger partial charge in [-0.15, -0.1) is 0 Å². The van der Waals surface area contributed by atoms with Crippen molar-refractivity contribution in [1.82, 2.24) is 15.3 Å². The van der Waals surface area contributed by atoms with Crippen LogP contribution in [0.4, 0.5) is 0 Å². The van der Waals surface area contributed by atoms with E-state index in [-0.39, 0.29) is 0 Å². The number of rotatable bonds is 4. The van der Waals surface area contributed by atoms with E-state index in [1.54, 1.807) is 11.8 Å². The molecule has 1 aromatic carbocycles. The molecule has 1 aromatic heterocycles. The molecule has 0 bridgehead atoms. The molecular formula is C14H16ClN3S. The van der Waals surface area contributed by atoms with Gasteiger partial charge in [0, 0.05) is 27.9 Å². The van der Waals surface area contributed by atoms with Crippen LogP contribution in [0.15, 0.2) is 34.3 Å². The minimum absolute atomic E-state index is 0.729. The maximum absolute atomic E-state index is 6.24. The molecule has 3 nitrogen and oxygen atoms in total. The zero-order valence-corrected chi connectivity index (χ0v) is 12.8. The van der Waals surface area contributed by atoms with Crippen LogP contribution in [0.1, 0.15) is 17.0 Å². The van der Waals surface area contributed by atoms with Gasteiger partial charge < -0.3 is 5.32 Å². The van der Waals surface area contributed by atoms with Gasteiger partial charge in [-0.05, 0) is 56.4 Å². The van der Waals surface area contributed by atoms with Crippen LogP contribution in [0.2, 0.25) is 5.02 Å². The van der Waals surface area contributed by atoms with Gasteiger partial charge in [0.1, 0.15) is 0 Å². The lowest BCUT2D eigenvalue weighted by Crippen LogP contribution is -2.07. The zero-order chi connectivity index (χ0) is 13.8. The lowest BCUT2D eigenvalue weighted by molar-refractivity contribution is 0.802. The third-order valence-electron chi connectivity index (χ3n) is 2.59. The summed E-state index contributed by atoms with van der Waals surface area (Å²) < 4.78 is 0. The molecule has 2 aromatic rings. The van der Waals surface area contributed by atoms with Gasteiger partial charge in [0.2, 0.25) is 0 Å². The van der Waals surface area contributed by atoms with Crippen LogP contribution in [0.3, 0.4) is 0 Å². The fourth-order valence-electron chi connectivity index (χ4n) is 1.82. The molecule has 0 aliphatic heterocycles. The number of hydrogen-bond donors (Lipinski definition) is 1. The molecule has 19 heavy (non-hydrogen) atoms. The molecule has 5 heteroatoms. The Morgan fingerprint density at radius 3 is 2.53 bits per heavy atom. The third kappa shape index (κ3) is 3.69. The van der Waals surface area contributed by atoms with Gasteiger partial charge in [-0.3, -0.25) is 0 Å². The van der Waals surface area contributed by atoms with Crippen LogP contribution < -0.4 is 5.32 Å². The maximum Gasteiger partial charge on any atom is 0.192 e. The molecule has 0 atom stereocenters. The van der Waals surface area contributed by atoms with E-state index >= 15 is 0 Å². The Morgan fingerprint density at radius 2 is 1.89 bits per heavy atom. The minimum atomic E-state index is 0.729. The van der Waals surface area contributed by atoms with Gasteiger partial charge in [0.25, 0.3) is 0 Å². The van der Waals surface area contributed by atoms with Crippen molar-refractivity contribution in [2.75, 3.05) is 7.05 Å². The molecular weight excluding hydrogens is 278 g/mol. The van der Waals surface area contributed by atoms with E-state index in [1.807, 2.05) is 45.2 Å². The third-order valence-corrected chi connectivity index (χ3v) is 3.91. The van der Waals surface area contributed by atoms with E-state index in [4.69, 9.17) is 11.6 Å². The van der Waals surface area contributed by atoms with Crippen molar-refractivity contribution in [3.8, 4) is 0 Å². The van der Waals surface area contributed by atoms with Crippen molar-refractivity contribution in [2.24, 2.45) is 0 Å². The Hall–Kier alpha value is -1.10. The van der Waals surface area contributed by atoms with Gasteiger partial charge in [-0.1, -0.05) is 17.7 Å². The van der Waals surface area contributed by atoms with Crippen molar-refractivity contribution < 1.29 is 0 Å². The average Bonchev–Trinajstić information content (AvgIpc) is 2.32. The van der Waals surface area contributed by atoms with Crippen molar-refractivity contribution >= 4 is 23.4 Å². The van der Waals surface area contributed by atoms with Gasteiger partial charge in [0.15, 0.2) is 5.16 Å².